The smallest absolute Gasteiger partial charge is 0.319 e. The van der Waals surface area contributed by atoms with Crippen molar-refractivity contribution in [3.05, 3.63) is 0 Å². The molecule has 86 valence electrons. The lowest BCUT2D eigenvalue weighted by Crippen LogP contribution is -2.41. The predicted molar refractivity (Wildman–Crippen MR) is 60.8 cm³/mol. The van der Waals surface area contributed by atoms with E-state index in [9.17, 15) is 4.79 Å². The molecule has 0 unspecified atom stereocenters. The summed E-state index contributed by atoms with van der Waals surface area (Å²) in [4.78, 5) is 15.9. The van der Waals surface area contributed by atoms with E-state index in [1.807, 2.05) is 16.8 Å². The minimum atomic E-state index is 0.249. The zero-order chi connectivity index (χ0) is 10.7. The quantitative estimate of drug-likeness (QED) is 0.686. The van der Waals surface area contributed by atoms with E-state index in [2.05, 4.69) is 0 Å². The van der Waals surface area contributed by atoms with E-state index in [1.165, 1.54) is 38.5 Å². The Morgan fingerprint density at radius 3 is 2.40 bits per heavy atom. The van der Waals surface area contributed by atoms with Crippen LogP contribution in [0.5, 0.6) is 0 Å². The number of nitrogens with zero attached hydrogens (tertiary/aromatic N) is 2. The van der Waals surface area contributed by atoms with Crippen molar-refractivity contribution in [1.29, 1.82) is 0 Å². The van der Waals surface area contributed by atoms with Gasteiger partial charge in [-0.25, -0.2) is 4.79 Å². The van der Waals surface area contributed by atoms with E-state index in [1.54, 1.807) is 0 Å². The highest BCUT2D eigenvalue weighted by Crippen LogP contribution is 2.25. The summed E-state index contributed by atoms with van der Waals surface area (Å²) in [5.74, 6) is 0.765. The van der Waals surface area contributed by atoms with Crippen LogP contribution in [0.3, 0.4) is 0 Å². The molecular formula is C12H22N2O. The van der Waals surface area contributed by atoms with Gasteiger partial charge in [0.05, 0.1) is 0 Å². The Labute approximate surface area is 92.4 Å². The molecule has 1 heterocycles. The SMILES string of the molecule is CN(CC1CCCC1)C(=O)N1CCCC1. The number of urea groups is 1. The third-order valence-electron chi connectivity index (χ3n) is 3.71. The second-order valence-corrected chi connectivity index (χ2v) is 5.01. The molecule has 2 fully saturated rings. The molecule has 1 saturated carbocycles. The summed E-state index contributed by atoms with van der Waals surface area (Å²) in [6.07, 6.45) is 7.72. The second-order valence-electron chi connectivity index (χ2n) is 5.01. The predicted octanol–water partition coefficient (Wildman–Crippen LogP) is 2.32. The average molecular weight is 210 g/mol. The number of hydrogen-bond donors (Lipinski definition) is 0. The number of likely N-dealkylation sites (tertiary alicyclic amines) is 1. The highest BCUT2D eigenvalue weighted by Gasteiger charge is 2.24. The summed E-state index contributed by atoms with van der Waals surface area (Å²) in [6, 6.07) is 0.249. The Bertz CT molecular complexity index is 218. The zero-order valence-corrected chi connectivity index (χ0v) is 9.74. The summed E-state index contributed by atoms with van der Waals surface area (Å²) in [7, 11) is 1.96. The molecule has 0 bridgehead atoms. The largest absolute Gasteiger partial charge is 0.327 e. The summed E-state index contributed by atoms with van der Waals surface area (Å²) in [6.45, 7) is 2.90. The summed E-state index contributed by atoms with van der Waals surface area (Å²) >= 11 is 0. The maximum atomic E-state index is 12.0. The molecule has 2 rings (SSSR count). The van der Waals surface area contributed by atoms with Crippen LogP contribution >= 0.6 is 0 Å². The van der Waals surface area contributed by atoms with Crippen LogP contribution in [-0.4, -0.2) is 42.5 Å². The number of amides is 2. The van der Waals surface area contributed by atoms with Crippen LogP contribution in [0.15, 0.2) is 0 Å². The molecule has 1 saturated heterocycles. The van der Waals surface area contributed by atoms with Crippen molar-refractivity contribution in [2.75, 3.05) is 26.7 Å². The summed E-state index contributed by atoms with van der Waals surface area (Å²) < 4.78 is 0. The van der Waals surface area contributed by atoms with Crippen LogP contribution in [0.25, 0.3) is 0 Å². The summed E-state index contributed by atoms with van der Waals surface area (Å²) in [5, 5.41) is 0. The number of rotatable bonds is 2. The lowest BCUT2D eigenvalue weighted by atomic mass is 10.1. The molecule has 3 nitrogen and oxygen atoms in total. The molecule has 1 aliphatic heterocycles. The molecular weight excluding hydrogens is 188 g/mol. The normalized spacial score (nSPS) is 22.3. The van der Waals surface area contributed by atoms with Gasteiger partial charge in [0.15, 0.2) is 0 Å². The van der Waals surface area contributed by atoms with E-state index in [4.69, 9.17) is 0 Å². The third kappa shape index (κ3) is 2.64. The van der Waals surface area contributed by atoms with Gasteiger partial charge >= 0.3 is 6.03 Å². The van der Waals surface area contributed by atoms with Crippen LogP contribution in [-0.2, 0) is 0 Å². The van der Waals surface area contributed by atoms with Crippen molar-refractivity contribution < 1.29 is 4.79 Å². The van der Waals surface area contributed by atoms with Crippen LogP contribution in [0.4, 0.5) is 4.79 Å². The molecule has 0 aromatic rings. The average Bonchev–Trinajstić information content (AvgIpc) is 2.88. The fourth-order valence-corrected chi connectivity index (χ4v) is 2.81. The van der Waals surface area contributed by atoms with Gasteiger partial charge in [0.1, 0.15) is 0 Å². The Morgan fingerprint density at radius 1 is 1.20 bits per heavy atom. The topological polar surface area (TPSA) is 23.6 Å². The van der Waals surface area contributed by atoms with Gasteiger partial charge in [0, 0.05) is 26.7 Å². The van der Waals surface area contributed by atoms with Crippen molar-refractivity contribution in [3.8, 4) is 0 Å². The fraction of sp³-hybridized carbons (Fsp3) is 0.917. The molecule has 0 aromatic carbocycles. The van der Waals surface area contributed by atoms with Crippen LogP contribution in [0.2, 0.25) is 0 Å². The minimum Gasteiger partial charge on any atom is -0.327 e. The monoisotopic (exact) mass is 210 g/mol. The maximum absolute atomic E-state index is 12.0. The number of hydrogen-bond acceptors (Lipinski definition) is 1. The first-order valence-electron chi connectivity index (χ1n) is 6.27. The lowest BCUT2D eigenvalue weighted by molar-refractivity contribution is 0.166. The van der Waals surface area contributed by atoms with Gasteiger partial charge in [-0.2, -0.15) is 0 Å². The van der Waals surface area contributed by atoms with E-state index in [-0.39, 0.29) is 6.03 Å². The van der Waals surface area contributed by atoms with Crippen molar-refractivity contribution >= 4 is 6.03 Å². The Kier molecular flexibility index (Phi) is 3.49. The van der Waals surface area contributed by atoms with Crippen LogP contribution in [0.1, 0.15) is 38.5 Å². The highest BCUT2D eigenvalue weighted by molar-refractivity contribution is 5.74. The molecule has 2 amide bonds. The van der Waals surface area contributed by atoms with Crippen LogP contribution in [0, 0.1) is 5.92 Å². The van der Waals surface area contributed by atoms with Gasteiger partial charge < -0.3 is 9.80 Å². The van der Waals surface area contributed by atoms with E-state index in [0.29, 0.717) is 0 Å². The molecule has 0 aromatic heterocycles. The first-order chi connectivity index (χ1) is 7.27. The molecule has 15 heavy (non-hydrogen) atoms. The first-order valence-corrected chi connectivity index (χ1v) is 6.27. The van der Waals surface area contributed by atoms with Crippen molar-refractivity contribution in [2.45, 2.75) is 38.5 Å². The molecule has 1 aliphatic carbocycles. The van der Waals surface area contributed by atoms with Crippen molar-refractivity contribution in [1.82, 2.24) is 9.80 Å². The van der Waals surface area contributed by atoms with E-state index >= 15 is 0 Å². The van der Waals surface area contributed by atoms with E-state index in [0.717, 1.165) is 25.6 Å². The second kappa shape index (κ2) is 4.86. The lowest BCUT2D eigenvalue weighted by Gasteiger charge is -2.26. The van der Waals surface area contributed by atoms with Gasteiger partial charge in [-0.3, -0.25) is 0 Å². The van der Waals surface area contributed by atoms with Gasteiger partial charge in [-0.15, -0.1) is 0 Å². The maximum Gasteiger partial charge on any atom is 0.319 e. The van der Waals surface area contributed by atoms with Gasteiger partial charge in [0.25, 0.3) is 0 Å². The third-order valence-corrected chi connectivity index (χ3v) is 3.71. The summed E-state index contributed by atoms with van der Waals surface area (Å²) in [5.41, 5.74) is 0. The van der Waals surface area contributed by atoms with Crippen molar-refractivity contribution in [3.63, 3.8) is 0 Å². The Balaban J connectivity index is 1.78. The first kappa shape index (κ1) is 10.8. The molecule has 0 N–H and O–H groups in total. The fourth-order valence-electron chi connectivity index (χ4n) is 2.81. The van der Waals surface area contributed by atoms with Crippen LogP contribution < -0.4 is 0 Å². The van der Waals surface area contributed by atoms with Crippen molar-refractivity contribution in [2.24, 2.45) is 5.92 Å². The molecule has 0 atom stereocenters. The van der Waals surface area contributed by atoms with Gasteiger partial charge in [0.2, 0.25) is 0 Å². The molecule has 0 spiro atoms. The van der Waals surface area contributed by atoms with Gasteiger partial charge in [-0.1, -0.05) is 12.8 Å². The standard InChI is InChI=1S/C12H22N2O/c1-13(10-11-6-2-3-7-11)12(15)14-8-4-5-9-14/h11H,2-10H2,1H3. The number of carbonyl (C=O) groups excluding carboxylic acids is 1. The molecule has 2 aliphatic rings. The highest BCUT2D eigenvalue weighted by atomic mass is 16.2. The van der Waals surface area contributed by atoms with Gasteiger partial charge in [-0.05, 0) is 31.6 Å². The minimum absolute atomic E-state index is 0.249. The Morgan fingerprint density at radius 2 is 1.80 bits per heavy atom. The molecule has 3 heteroatoms. The molecule has 0 radical (unpaired) electrons. The zero-order valence-electron chi connectivity index (χ0n) is 9.74. The number of carbonyl (C=O) groups is 1. The van der Waals surface area contributed by atoms with E-state index < -0.39 is 0 Å². The Hall–Kier alpha value is -0.730.